The van der Waals surface area contributed by atoms with Gasteiger partial charge in [0.25, 0.3) is 0 Å². The van der Waals surface area contributed by atoms with Gasteiger partial charge in [-0.05, 0) is 34.1 Å². The number of nitrogens with zero attached hydrogens (tertiary/aromatic N) is 1. The first-order valence-corrected chi connectivity index (χ1v) is 5.54. The van der Waals surface area contributed by atoms with Crippen LogP contribution in [-0.4, -0.2) is 36.1 Å². The molecular formula is C12H23NO2. The zero-order chi connectivity index (χ0) is 11.8. The number of ether oxygens (including phenoxy) is 1. The average Bonchev–Trinajstić information content (AvgIpc) is 2.15. The van der Waals surface area contributed by atoms with Gasteiger partial charge in [-0.1, -0.05) is 6.58 Å². The number of carbonyl (C=O) groups is 1. The van der Waals surface area contributed by atoms with Gasteiger partial charge in [0.2, 0.25) is 0 Å². The molecule has 88 valence electrons. The van der Waals surface area contributed by atoms with Crippen molar-refractivity contribution in [1.82, 2.24) is 4.90 Å². The summed E-state index contributed by atoms with van der Waals surface area (Å²) in [4.78, 5) is 13.1. The molecule has 0 aromatic rings. The monoisotopic (exact) mass is 213 g/mol. The van der Waals surface area contributed by atoms with Gasteiger partial charge < -0.3 is 4.74 Å². The van der Waals surface area contributed by atoms with Crippen LogP contribution in [0.25, 0.3) is 0 Å². The maximum absolute atomic E-state index is 10.8. The van der Waals surface area contributed by atoms with E-state index in [0.29, 0.717) is 18.7 Å². The fourth-order valence-electron chi connectivity index (χ4n) is 1.59. The third-order valence-corrected chi connectivity index (χ3v) is 2.30. The summed E-state index contributed by atoms with van der Waals surface area (Å²) < 4.78 is 4.92. The van der Waals surface area contributed by atoms with Gasteiger partial charge in [0, 0.05) is 24.7 Å². The van der Waals surface area contributed by atoms with E-state index in [-0.39, 0.29) is 5.97 Å². The fourth-order valence-corrected chi connectivity index (χ4v) is 1.59. The first kappa shape index (κ1) is 14.2. The summed E-state index contributed by atoms with van der Waals surface area (Å²) >= 11 is 0. The summed E-state index contributed by atoms with van der Waals surface area (Å²) in [6.07, 6.45) is 2.07. The van der Waals surface area contributed by atoms with Crippen molar-refractivity contribution >= 4 is 5.97 Å². The van der Waals surface area contributed by atoms with Gasteiger partial charge in [-0.15, -0.1) is 0 Å². The Balaban J connectivity index is 3.72. The van der Waals surface area contributed by atoms with E-state index in [9.17, 15) is 4.79 Å². The highest BCUT2D eigenvalue weighted by Gasteiger charge is 2.12. The smallest absolute Gasteiger partial charge is 0.330 e. The second-order valence-electron chi connectivity index (χ2n) is 4.15. The summed E-state index contributed by atoms with van der Waals surface area (Å²) in [7, 11) is 0. The first-order valence-electron chi connectivity index (χ1n) is 5.54. The Kier molecular flexibility index (Phi) is 7.05. The van der Waals surface area contributed by atoms with Crippen LogP contribution in [0.5, 0.6) is 0 Å². The Morgan fingerprint density at radius 1 is 1.33 bits per heavy atom. The number of rotatable bonds is 7. The van der Waals surface area contributed by atoms with Gasteiger partial charge in [0.05, 0.1) is 6.61 Å². The highest BCUT2D eigenvalue weighted by atomic mass is 16.5. The predicted molar refractivity (Wildman–Crippen MR) is 62.8 cm³/mol. The summed E-state index contributed by atoms with van der Waals surface area (Å²) in [5.41, 5.74) is 0. The summed E-state index contributed by atoms with van der Waals surface area (Å²) in [6, 6.07) is 1.06. The SMILES string of the molecule is C=CC(=O)OCCCN(C(C)C)C(C)C. The Hall–Kier alpha value is -0.830. The second-order valence-corrected chi connectivity index (χ2v) is 4.15. The minimum Gasteiger partial charge on any atom is -0.462 e. The van der Waals surface area contributed by atoms with E-state index in [1.165, 1.54) is 6.08 Å². The molecule has 0 N–H and O–H groups in total. The lowest BCUT2D eigenvalue weighted by Gasteiger charge is -2.30. The number of carbonyl (C=O) groups excluding carboxylic acids is 1. The minimum atomic E-state index is -0.337. The highest BCUT2D eigenvalue weighted by molar-refractivity contribution is 5.81. The average molecular weight is 213 g/mol. The Bertz CT molecular complexity index is 192. The molecule has 0 radical (unpaired) electrons. The van der Waals surface area contributed by atoms with Crippen molar-refractivity contribution in [2.75, 3.05) is 13.2 Å². The van der Waals surface area contributed by atoms with Crippen LogP contribution < -0.4 is 0 Å². The molecule has 0 amide bonds. The van der Waals surface area contributed by atoms with E-state index in [0.717, 1.165) is 13.0 Å². The van der Waals surface area contributed by atoms with Crippen molar-refractivity contribution in [1.29, 1.82) is 0 Å². The second kappa shape index (κ2) is 7.46. The molecule has 0 spiro atoms. The quantitative estimate of drug-likeness (QED) is 0.369. The molecule has 3 heteroatoms. The molecule has 0 aromatic carbocycles. The zero-order valence-electron chi connectivity index (χ0n) is 10.3. The van der Waals surface area contributed by atoms with Crippen molar-refractivity contribution in [3.05, 3.63) is 12.7 Å². The predicted octanol–water partition coefficient (Wildman–Crippen LogP) is 2.22. The Labute approximate surface area is 93.1 Å². The summed E-state index contributed by atoms with van der Waals surface area (Å²) in [5.74, 6) is -0.337. The van der Waals surface area contributed by atoms with Gasteiger partial charge in [0.15, 0.2) is 0 Å². The fraction of sp³-hybridized carbons (Fsp3) is 0.750. The molecular weight excluding hydrogens is 190 g/mol. The van der Waals surface area contributed by atoms with E-state index in [1.807, 2.05) is 0 Å². The lowest BCUT2D eigenvalue weighted by Crippen LogP contribution is -2.38. The molecule has 0 aliphatic carbocycles. The van der Waals surface area contributed by atoms with E-state index in [2.05, 4.69) is 39.2 Å². The maximum atomic E-state index is 10.8. The standard InChI is InChI=1S/C12H23NO2/c1-6-12(14)15-9-7-8-13(10(2)3)11(4)5/h6,10-11H,1,7-9H2,2-5H3. The van der Waals surface area contributed by atoms with Crippen LogP contribution in [0.2, 0.25) is 0 Å². The maximum Gasteiger partial charge on any atom is 0.330 e. The van der Waals surface area contributed by atoms with Crippen LogP contribution in [0, 0.1) is 0 Å². The largest absolute Gasteiger partial charge is 0.462 e. The van der Waals surface area contributed by atoms with E-state index >= 15 is 0 Å². The lowest BCUT2D eigenvalue weighted by atomic mass is 10.2. The topological polar surface area (TPSA) is 29.5 Å². The lowest BCUT2D eigenvalue weighted by molar-refractivity contribution is -0.137. The van der Waals surface area contributed by atoms with Gasteiger partial charge in [0.1, 0.15) is 0 Å². The number of hydrogen-bond donors (Lipinski definition) is 0. The molecule has 3 nitrogen and oxygen atoms in total. The van der Waals surface area contributed by atoms with Crippen molar-refractivity contribution in [3.63, 3.8) is 0 Å². The van der Waals surface area contributed by atoms with Crippen LogP contribution in [0.3, 0.4) is 0 Å². The zero-order valence-corrected chi connectivity index (χ0v) is 10.3. The molecule has 0 aromatic heterocycles. The minimum absolute atomic E-state index is 0.337. The molecule has 0 aliphatic rings. The van der Waals surface area contributed by atoms with Gasteiger partial charge in [-0.3, -0.25) is 4.90 Å². The molecule has 0 aliphatic heterocycles. The molecule has 15 heavy (non-hydrogen) atoms. The summed E-state index contributed by atoms with van der Waals surface area (Å²) in [6.45, 7) is 13.5. The van der Waals surface area contributed by atoms with Gasteiger partial charge >= 0.3 is 5.97 Å². The molecule has 0 fully saturated rings. The van der Waals surface area contributed by atoms with Crippen molar-refractivity contribution in [2.45, 2.75) is 46.2 Å². The van der Waals surface area contributed by atoms with Crippen molar-refractivity contribution in [2.24, 2.45) is 0 Å². The molecule has 0 saturated carbocycles. The third-order valence-electron chi connectivity index (χ3n) is 2.30. The van der Waals surface area contributed by atoms with Crippen LogP contribution in [0.1, 0.15) is 34.1 Å². The molecule has 0 rings (SSSR count). The third kappa shape index (κ3) is 6.28. The summed E-state index contributed by atoms with van der Waals surface area (Å²) in [5, 5.41) is 0. The van der Waals surface area contributed by atoms with Crippen molar-refractivity contribution in [3.8, 4) is 0 Å². The van der Waals surface area contributed by atoms with Crippen LogP contribution >= 0.6 is 0 Å². The number of hydrogen-bond acceptors (Lipinski definition) is 3. The highest BCUT2D eigenvalue weighted by Crippen LogP contribution is 2.05. The Morgan fingerprint density at radius 2 is 1.87 bits per heavy atom. The van der Waals surface area contributed by atoms with Gasteiger partial charge in [-0.25, -0.2) is 4.79 Å². The molecule has 0 saturated heterocycles. The molecule has 0 bridgehead atoms. The van der Waals surface area contributed by atoms with E-state index in [1.54, 1.807) is 0 Å². The van der Waals surface area contributed by atoms with Crippen LogP contribution in [0.15, 0.2) is 12.7 Å². The Morgan fingerprint density at radius 3 is 2.27 bits per heavy atom. The van der Waals surface area contributed by atoms with E-state index in [4.69, 9.17) is 4.74 Å². The van der Waals surface area contributed by atoms with Crippen LogP contribution in [-0.2, 0) is 9.53 Å². The van der Waals surface area contributed by atoms with Gasteiger partial charge in [-0.2, -0.15) is 0 Å². The molecule has 0 unspecified atom stereocenters. The van der Waals surface area contributed by atoms with Crippen molar-refractivity contribution < 1.29 is 9.53 Å². The molecule has 0 atom stereocenters. The number of esters is 1. The van der Waals surface area contributed by atoms with Crippen LogP contribution in [0.4, 0.5) is 0 Å². The first-order chi connectivity index (χ1) is 6.99. The van der Waals surface area contributed by atoms with E-state index < -0.39 is 0 Å². The normalized spacial score (nSPS) is 11.1. The molecule has 0 heterocycles.